The van der Waals surface area contributed by atoms with Crippen molar-refractivity contribution in [1.82, 2.24) is 0 Å². The molecule has 1 saturated carbocycles. The number of hydrogen-bond acceptors (Lipinski definition) is 2. The maximum absolute atomic E-state index is 13.4. The lowest BCUT2D eigenvalue weighted by Crippen LogP contribution is -2.42. The third kappa shape index (κ3) is 2.20. The molecule has 1 aliphatic carbocycles. The van der Waals surface area contributed by atoms with Gasteiger partial charge >= 0.3 is 0 Å². The maximum atomic E-state index is 13.4. The standard InChI is InChI=1S/C16H22F2N2/c1-20-9-4-12-10-13(2-3-14(12)20)15(11-19)5-7-16(17,18)8-6-15/h2-3,10H,4-9,11,19H2,1H3. The van der Waals surface area contributed by atoms with Crippen LogP contribution in [0.4, 0.5) is 14.5 Å². The molecule has 0 saturated heterocycles. The molecule has 1 aliphatic heterocycles. The fourth-order valence-electron chi connectivity index (χ4n) is 3.60. The van der Waals surface area contributed by atoms with Crippen LogP contribution in [0.2, 0.25) is 0 Å². The Bertz CT molecular complexity index is 503. The monoisotopic (exact) mass is 280 g/mol. The first-order valence-corrected chi connectivity index (χ1v) is 7.38. The molecule has 0 aromatic heterocycles. The van der Waals surface area contributed by atoms with E-state index in [1.807, 2.05) is 0 Å². The lowest BCUT2D eigenvalue weighted by molar-refractivity contribution is -0.0509. The van der Waals surface area contributed by atoms with Crippen molar-refractivity contribution >= 4 is 5.69 Å². The molecule has 1 aromatic carbocycles. The molecule has 0 radical (unpaired) electrons. The molecule has 2 aliphatic rings. The minimum Gasteiger partial charge on any atom is -0.374 e. The zero-order valence-electron chi connectivity index (χ0n) is 12.0. The Morgan fingerprint density at radius 3 is 2.55 bits per heavy atom. The summed E-state index contributed by atoms with van der Waals surface area (Å²) in [5.41, 5.74) is 9.48. The quantitative estimate of drug-likeness (QED) is 0.902. The van der Waals surface area contributed by atoms with Crippen molar-refractivity contribution in [2.24, 2.45) is 5.73 Å². The molecule has 2 nitrogen and oxygen atoms in total. The van der Waals surface area contributed by atoms with Gasteiger partial charge in [-0.25, -0.2) is 8.78 Å². The van der Waals surface area contributed by atoms with Crippen molar-refractivity contribution in [2.75, 3.05) is 25.0 Å². The summed E-state index contributed by atoms with van der Waals surface area (Å²) in [6, 6.07) is 6.42. The van der Waals surface area contributed by atoms with Crippen LogP contribution in [0.15, 0.2) is 18.2 Å². The minimum atomic E-state index is -2.50. The number of rotatable bonds is 2. The average molecular weight is 280 g/mol. The molecular formula is C16H22F2N2. The van der Waals surface area contributed by atoms with Crippen LogP contribution in [-0.4, -0.2) is 26.1 Å². The van der Waals surface area contributed by atoms with E-state index in [4.69, 9.17) is 5.73 Å². The van der Waals surface area contributed by atoms with E-state index in [1.165, 1.54) is 11.3 Å². The lowest BCUT2D eigenvalue weighted by Gasteiger charge is -2.40. The van der Waals surface area contributed by atoms with Gasteiger partial charge in [0.05, 0.1) is 0 Å². The van der Waals surface area contributed by atoms with E-state index in [1.54, 1.807) is 0 Å². The Morgan fingerprint density at radius 1 is 1.20 bits per heavy atom. The molecule has 0 spiro atoms. The molecule has 0 atom stereocenters. The molecular weight excluding hydrogens is 258 g/mol. The number of nitrogens with zero attached hydrogens (tertiary/aromatic N) is 1. The summed E-state index contributed by atoms with van der Waals surface area (Å²) < 4.78 is 26.8. The SMILES string of the molecule is CN1CCc2cc(C3(CN)CCC(F)(F)CC3)ccc21. The van der Waals surface area contributed by atoms with Gasteiger partial charge < -0.3 is 10.6 Å². The molecule has 0 unspecified atom stereocenters. The van der Waals surface area contributed by atoms with Gasteiger partial charge in [0.1, 0.15) is 0 Å². The number of benzene rings is 1. The van der Waals surface area contributed by atoms with Gasteiger partial charge in [0.25, 0.3) is 0 Å². The molecule has 110 valence electrons. The fraction of sp³-hybridized carbons (Fsp3) is 0.625. The van der Waals surface area contributed by atoms with Crippen molar-refractivity contribution in [1.29, 1.82) is 0 Å². The summed E-state index contributed by atoms with van der Waals surface area (Å²) >= 11 is 0. The van der Waals surface area contributed by atoms with Gasteiger partial charge in [-0.1, -0.05) is 12.1 Å². The lowest BCUT2D eigenvalue weighted by atomic mass is 9.68. The van der Waals surface area contributed by atoms with Gasteiger partial charge in [-0.2, -0.15) is 0 Å². The van der Waals surface area contributed by atoms with E-state index in [9.17, 15) is 8.78 Å². The van der Waals surface area contributed by atoms with E-state index in [2.05, 4.69) is 30.1 Å². The molecule has 2 N–H and O–H groups in total. The number of fused-ring (bicyclic) bond motifs is 1. The van der Waals surface area contributed by atoms with Gasteiger partial charge in [0, 0.05) is 44.1 Å². The summed E-state index contributed by atoms with van der Waals surface area (Å²) in [7, 11) is 2.09. The summed E-state index contributed by atoms with van der Waals surface area (Å²) in [5, 5.41) is 0. The Labute approximate surface area is 118 Å². The Hall–Kier alpha value is -1.16. The van der Waals surface area contributed by atoms with E-state index in [0.29, 0.717) is 19.4 Å². The topological polar surface area (TPSA) is 29.3 Å². The summed E-state index contributed by atoms with van der Waals surface area (Å²) in [6.07, 6.45) is 1.94. The van der Waals surface area contributed by atoms with Crippen LogP contribution in [-0.2, 0) is 11.8 Å². The third-order valence-electron chi connectivity index (χ3n) is 5.15. The number of nitrogens with two attached hydrogens (primary N) is 1. The Morgan fingerprint density at radius 2 is 1.90 bits per heavy atom. The number of anilines is 1. The third-order valence-corrected chi connectivity index (χ3v) is 5.15. The normalized spacial score (nSPS) is 23.7. The first kappa shape index (κ1) is 13.8. The molecule has 0 bridgehead atoms. The van der Waals surface area contributed by atoms with Gasteiger partial charge in [0.15, 0.2) is 0 Å². The van der Waals surface area contributed by atoms with Gasteiger partial charge in [-0.05, 0) is 36.5 Å². The van der Waals surface area contributed by atoms with Crippen molar-refractivity contribution in [2.45, 2.75) is 43.4 Å². The van der Waals surface area contributed by atoms with Crippen LogP contribution in [0.3, 0.4) is 0 Å². The molecule has 20 heavy (non-hydrogen) atoms. The van der Waals surface area contributed by atoms with E-state index < -0.39 is 5.92 Å². The van der Waals surface area contributed by atoms with Crippen LogP contribution >= 0.6 is 0 Å². The average Bonchev–Trinajstić information content (AvgIpc) is 2.81. The molecule has 1 fully saturated rings. The van der Waals surface area contributed by atoms with Crippen LogP contribution < -0.4 is 10.6 Å². The van der Waals surface area contributed by atoms with Crippen LogP contribution in [0.25, 0.3) is 0 Å². The first-order chi connectivity index (χ1) is 9.46. The van der Waals surface area contributed by atoms with Crippen molar-refractivity contribution in [3.05, 3.63) is 29.3 Å². The van der Waals surface area contributed by atoms with Gasteiger partial charge in [0.2, 0.25) is 5.92 Å². The first-order valence-electron chi connectivity index (χ1n) is 7.38. The molecule has 1 heterocycles. The predicted octanol–water partition coefficient (Wildman–Crippen LogP) is 3.08. The highest BCUT2D eigenvalue weighted by molar-refractivity contribution is 5.59. The minimum absolute atomic E-state index is 0.0405. The molecule has 0 amide bonds. The summed E-state index contributed by atoms with van der Waals surface area (Å²) in [4.78, 5) is 2.24. The molecule has 3 rings (SSSR count). The number of alkyl halides is 2. The Balaban J connectivity index is 1.91. The number of hydrogen-bond donors (Lipinski definition) is 1. The zero-order valence-corrected chi connectivity index (χ0v) is 12.0. The van der Waals surface area contributed by atoms with E-state index in [0.717, 1.165) is 18.5 Å². The highest BCUT2D eigenvalue weighted by atomic mass is 19.3. The van der Waals surface area contributed by atoms with Crippen LogP contribution in [0.1, 0.15) is 36.8 Å². The van der Waals surface area contributed by atoms with Crippen molar-refractivity contribution < 1.29 is 8.78 Å². The summed E-state index contributed by atoms with van der Waals surface area (Å²) in [5.74, 6) is -2.50. The van der Waals surface area contributed by atoms with Gasteiger partial charge in [-0.3, -0.25) is 0 Å². The number of halogens is 2. The Kier molecular flexibility index (Phi) is 3.24. The van der Waals surface area contributed by atoms with E-state index in [-0.39, 0.29) is 18.3 Å². The largest absolute Gasteiger partial charge is 0.374 e. The van der Waals surface area contributed by atoms with Crippen LogP contribution in [0, 0.1) is 0 Å². The summed E-state index contributed by atoms with van der Waals surface area (Å²) in [6.45, 7) is 1.49. The second-order valence-electron chi connectivity index (χ2n) is 6.36. The predicted molar refractivity (Wildman–Crippen MR) is 77.6 cm³/mol. The fourth-order valence-corrected chi connectivity index (χ4v) is 3.60. The van der Waals surface area contributed by atoms with Crippen molar-refractivity contribution in [3.63, 3.8) is 0 Å². The smallest absolute Gasteiger partial charge is 0.248 e. The zero-order chi connectivity index (χ0) is 14.4. The highest BCUT2D eigenvalue weighted by Gasteiger charge is 2.43. The second-order valence-corrected chi connectivity index (χ2v) is 6.36. The van der Waals surface area contributed by atoms with Crippen LogP contribution in [0.5, 0.6) is 0 Å². The highest BCUT2D eigenvalue weighted by Crippen LogP contribution is 2.45. The second kappa shape index (κ2) is 4.69. The maximum Gasteiger partial charge on any atom is 0.248 e. The van der Waals surface area contributed by atoms with E-state index >= 15 is 0 Å². The van der Waals surface area contributed by atoms with Crippen molar-refractivity contribution in [3.8, 4) is 0 Å². The van der Waals surface area contributed by atoms with Gasteiger partial charge in [-0.15, -0.1) is 0 Å². The molecule has 4 heteroatoms. The number of likely N-dealkylation sites (N-methyl/N-ethyl adjacent to an activating group) is 1. The molecule has 1 aromatic rings.